The van der Waals surface area contributed by atoms with E-state index in [1.165, 1.54) is 6.07 Å². The first-order chi connectivity index (χ1) is 22.9. The highest BCUT2D eigenvalue weighted by Gasteiger charge is 2.41. The van der Waals surface area contributed by atoms with Crippen molar-refractivity contribution in [1.29, 1.82) is 0 Å². The number of hydrogen-bond donors (Lipinski definition) is 0. The minimum absolute atomic E-state index is 0.0975. The second kappa shape index (κ2) is 14.7. The van der Waals surface area contributed by atoms with E-state index in [-0.39, 0.29) is 33.7 Å². The highest BCUT2D eigenvalue weighted by Crippen LogP contribution is 2.37. The highest BCUT2D eigenvalue weighted by molar-refractivity contribution is 5.72. The minimum atomic E-state index is -4.59. The summed E-state index contributed by atoms with van der Waals surface area (Å²) in [5.41, 5.74) is -3.01. The van der Waals surface area contributed by atoms with Crippen LogP contribution in [0.15, 0.2) is 60.7 Å². The van der Waals surface area contributed by atoms with E-state index in [0.717, 1.165) is 49.9 Å². The lowest BCUT2D eigenvalue weighted by Gasteiger charge is -2.26. The molecule has 1 heterocycles. The van der Waals surface area contributed by atoms with Crippen LogP contribution >= 0.6 is 0 Å². The molecule has 0 bridgehead atoms. The molecule has 0 amide bonds. The molecular weight excluding hydrogens is 651 g/mol. The largest absolute Gasteiger partial charge is 0.432 e. The topological polar surface area (TPSA) is 27.7 Å². The maximum absolute atomic E-state index is 15.0. The van der Waals surface area contributed by atoms with E-state index in [9.17, 15) is 39.5 Å². The summed E-state index contributed by atoms with van der Waals surface area (Å²) in [4.78, 5) is 0. The molecule has 0 atom stereocenters. The van der Waals surface area contributed by atoms with E-state index in [1.54, 1.807) is 0 Å². The predicted octanol–water partition coefficient (Wildman–Crippen LogP) is 10.0. The van der Waals surface area contributed by atoms with Crippen LogP contribution < -0.4 is 4.74 Å². The van der Waals surface area contributed by atoms with Crippen molar-refractivity contribution in [3.63, 3.8) is 0 Å². The van der Waals surface area contributed by atoms with E-state index in [2.05, 4.69) is 23.5 Å². The molecule has 1 saturated heterocycles. The van der Waals surface area contributed by atoms with E-state index in [1.807, 2.05) is 0 Å². The quantitative estimate of drug-likeness (QED) is 0.0764. The number of halogens is 9. The lowest BCUT2D eigenvalue weighted by atomic mass is 9.99. The van der Waals surface area contributed by atoms with Crippen LogP contribution in [0.3, 0.4) is 0 Å². The Morgan fingerprint density at radius 1 is 0.708 bits per heavy atom. The summed E-state index contributed by atoms with van der Waals surface area (Å²) < 4.78 is 145. The summed E-state index contributed by atoms with van der Waals surface area (Å²) in [6.07, 6.45) is -1.39. The van der Waals surface area contributed by atoms with Crippen LogP contribution in [0.5, 0.6) is 5.75 Å². The molecule has 4 aromatic carbocycles. The van der Waals surface area contributed by atoms with E-state index in [4.69, 9.17) is 9.47 Å². The van der Waals surface area contributed by atoms with Crippen LogP contribution in [0.25, 0.3) is 22.3 Å². The van der Waals surface area contributed by atoms with Gasteiger partial charge < -0.3 is 14.2 Å². The van der Waals surface area contributed by atoms with Crippen molar-refractivity contribution in [2.24, 2.45) is 5.92 Å². The van der Waals surface area contributed by atoms with Gasteiger partial charge in [-0.2, -0.15) is 8.78 Å². The smallest absolute Gasteiger partial charge is 0.429 e. The molecule has 0 saturated carbocycles. The van der Waals surface area contributed by atoms with Gasteiger partial charge in [-0.05, 0) is 65.9 Å². The molecular formula is C36H27F9O3. The Morgan fingerprint density at radius 2 is 1.29 bits per heavy atom. The average Bonchev–Trinajstić information content (AvgIpc) is 3.02. The molecule has 48 heavy (non-hydrogen) atoms. The Morgan fingerprint density at radius 3 is 1.90 bits per heavy atom. The molecule has 3 nitrogen and oxygen atoms in total. The molecule has 0 aliphatic carbocycles. The molecule has 5 rings (SSSR count). The number of unbranched alkanes of at least 4 members (excludes halogenated alkanes) is 2. The van der Waals surface area contributed by atoms with Gasteiger partial charge in [-0.1, -0.05) is 44.2 Å². The molecule has 0 radical (unpaired) electrons. The van der Waals surface area contributed by atoms with Gasteiger partial charge in [-0.3, -0.25) is 0 Å². The Kier molecular flexibility index (Phi) is 10.7. The van der Waals surface area contributed by atoms with Gasteiger partial charge >= 0.3 is 6.11 Å². The van der Waals surface area contributed by atoms with Gasteiger partial charge in [-0.25, -0.2) is 30.7 Å². The van der Waals surface area contributed by atoms with Crippen molar-refractivity contribution in [2.75, 3.05) is 13.2 Å². The SMILES string of the molecule is CCCCCC1COC(C#Cc2cc(F)c(C(F)(F)Oc3ccc(-c4ccc(-c5cc(F)c(F)c(F)c5)c(F)c4)c(F)c3)c(F)c2)OC1. The van der Waals surface area contributed by atoms with Gasteiger partial charge in [0.05, 0.1) is 13.2 Å². The average molecular weight is 679 g/mol. The van der Waals surface area contributed by atoms with E-state index >= 15 is 0 Å². The lowest BCUT2D eigenvalue weighted by Crippen LogP contribution is -2.31. The molecule has 12 heteroatoms. The van der Waals surface area contributed by atoms with Crippen molar-refractivity contribution in [1.82, 2.24) is 0 Å². The third-order valence-corrected chi connectivity index (χ3v) is 7.61. The Labute approximate surface area is 270 Å². The number of hydrogen-bond acceptors (Lipinski definition) is 3. The zero-order chi connectivity index (χ0) is 34.6. The van der Waals surface area contributed by atoms with Crippen molar-refractivity contribution in [3.05, 3.63) is 113 Å². The monoisotopic (exact) mass is 678 g/mol. The number of ether oxygens (including phenoxy) is 3. The molecule has 4 aromatic rings. The maximum Gasteiger partial charge on any atom is 0.432 e. The normalized spacial score (nSPS) is 16.4. The first-order valence-corrected chi connectivity index (χ1v) is 14.9. The van der Waals surface area contributed by atoms with Crippen molar-refractivity contribution >= 4 is 0 Å². The van der Waals surface area contributed by atoms with Crippen molar-refractivity contribution < 1.29 is 53.7 Å². The van der Waals surface area contributed by atoms with Gasteiger partial charge in [-0.15, -0.1) is 0 Å². The second-order valence-corrected chi connectivity index (χ2v) is 11.2. The summed E-state index contributed by atoms with van der Waals surface area (Å²) in [6.45, 7) is 2.90. The van der Waals surface area contributed by atoms with Gasteiger partial charge in [0.25, 0.3) is 0 Å². The van der Waals surface area contributed by atoms with Crippen molar-refractivity contribution in [3.8, 4) is 39.8 Å². The van der Waals surface area contributed by atoms with Crippen LogP contribution in [-0.4, -0.2) is 19.5 Å². The first kappa shape index (κ1) is 34.9. The fraction of sp³-hybridized carbons (Fsp3) is 0.278. The summed E-state index contributed by atoms with van der Waals surface area (Å²) in [7, 11) is 0. The van der Waals surface area contributed by atoms with Gasteiger partial charge in [0.1, 0.15) is 34.6 Å². The summed E-state index contributed by atoms with van der Waals surface area (Å²) in [5.74, 6) is -5.94. The Bertz CT molecular complexity index is 1810. The second-order valence-electron chi connectivity index (χ2n) is 11.2. The first-order valence-electron chi connectivity index (χ1n) is 14.9. The van der Waals surface area contributed by atoms with E-state index < -0.39 is 64.4 Å². The van der Waals surface area contributed by atoms with E-state index in [0.29, 0.717) is 43.5 Å². The molecule has 1 aliphatic rings. The third kappa shape index (κ3) is 7.97. The lowest BCUT2D eigenvalue weighted by molar-refractivity contribution is -0.189. The molecule has 0 aromatic heterocycles. The number of benzene rings is 4. The minimum Gasteiger partial charge on any atom is -0.429 e. The van der Waals surface area contributed by atoms with Crippen LogP contribution in [0, 0.1) is 58.5 Å². The van der Waals surface area contributed by atoms with Gasteiger partial charge in [0.2, 0.25) is 6.29 Å². The fourth-order valence-electron chi connectivity index (χ4n) is 5.16. The summed E-state index contributed by atoms with van der Waals surface area (Å²) in [5, 5.41) is 0. The van der Waals surface area contributed by atoms with Crippen LogP contribution in [0.2, 0.25) is 0 Å². The molecule has 0 unspecified atom stereocenters. The summed E-state index contributed by atoms with van der Waals surface area (Å²) in [6, 6.07) is 7.75. The number of rotatable bonds is 9. The Balaban J connectivity index is 1.28. The Hall–Kier alpha value is -4.47. The zero-order valence-corrected chi connectivity index (χ0v) is 25.3. The number of alkyl halides is 2. The maximum atomic E-state index is 15.0. The molecule has 1 aliphatic heterocycles. The van der Waals surface area contributed by atoms with Crippen LogP contribution in [-0.2, 0) is 15.6 Å². The van der Waals surface area contributed by atoms with Crippen molar-refractivity contribution in [2.45, 2.75) is 45.0 Å². The third-order valence-electron chi connectivity index (χ3n) is 7.61. The van der Waals surface area contributed by atoms with Gasteiger partial charge in [0, 0.05) is 28.7 Å². The summed E-state index contributed by atoms with van der Waals surface area (Å²) >= 11 is 0. The molecule has 252 valence electrons. The molecule has 1 fully saturated rings. The van der Waals surface area contributed by atoms with Crippen LogP contribution in [0.1, 0.15) is 43.7 Å². The molecule has 0 spiro atoms. The zero-order valence-electron chi connectivity index (χ0n) is 25.3. The highest BCUT2D eigenvalue weighted by atomic mass is 19.3. The predicted molar refractivity (Wildman–Crippen MR) is 158 cm³/mol. The van der Waals surface area contributed by atoms with Crippen LogP contribution in [0.4, 0.5) is 39.5 Å². The fourth-order valence-corrected chi connectivity index (χ4v) is 5.16. The molecule has 0 N–H and O–H groups in total. The van der Waals surface area contributed by atoms with Gasteiger partial charge in [0.15, 0.2) is 17.5 Å². The standard InChI is InChI=1S/C36H27F9O3/c1-2-3-4-5-21-18-46-33(47-19-21)11-6-20-12-29(39)34(30(40)13-20)36(44,45)48-24-8-10-25(28(38)17-24)22-7-9-26(27(37)14-22)23-15-31(41)35(43)32(42)16-23/h7-10,12-17,21,33H,2-5,18-19H2,1H3.